The van der Waals surface area contributed by atoms with E-state index in [9.17, 15) is 9.59 Å². The Morgan fingerprint density at radius 2 is 2.00 bits per heavy atom. The first-order chi connectivity index (χ1) is 10.2. The second-order valence-corrected chi connectivity index (χ2v) is 5.67. The van der Waals surface area contributed by atoms with E-state index < -0.39 is 0 Å². The molecule has 4 rings (SSSR count). The molecular formula is C14H10N4O2S. The largest absolute Gasteiger partial charge is 0.323 e. The van der Waals surface area contributed by atoms with Crippen LogP contribution in [0.5, 0.6) is 0 Å². The van der Waals surface area contributed by atoms with Crippen LogP contribution in [0.25, 0.3) is 21.3 Å². The molecule has 6 nitrogen and oxygen atoms in total. The van der Waals surface area contributed by atoms with Gasteiger partial charge in [-0.15, -0.1) is 11.3 Å². The summed E-state index contributed by atoms with van der Waals surface area (Å²) in [6.45, 7) is 0.417. The molecule has 0 radical (unpaired) electrons. The molecule has 21 heavy (non-hydrogen) atoms. The van der Waals surface area contributed by atoms with Gasteiger partial charge in [0.15, 0.2) is 0 Å². The Bertz CT molecular complexity index is 1070. The topological polar surface area (TPSA) is 83.5 Å². The maximum absolute atomic E-state index is 12.3. The summed E-state index contributed by atoms with van der Waals surface area (Å²) in [5.74, 6) is 0. The smallest absolute Gasteiger partial charge is 0.306 e. The van der Waals surface area contributed by atoms with Crippen molar-refractivity contribution >= 4 is 32.6 Å². The molecule has 0 amide bonds. The lowest BCUT2D eigenvalue weighted by atomic mass is 10.2. The summed E-state index contributed by atoms with van der Waals surface area (Å²) in [5.41, 5.74) is 2.12. The first-order valence-electron chi connectivity index (χ1n) is 6.34. The number of hydrogen-bond acceptors (Lipinski definition) is 4. The molecule has 104 valence electrons. The van der Waals surface area contributed by atoms with Gasteiger partial charge in [-0.2, -0.15) is 0 Å². The van der Waals surface area contributed by atoms with Crippen LogP contribution in [0.4, 0.5) is 0 Å². The van der Waals surface area contributed by atoms with Crippen molar-refractivity contribution in [3.05, 3.63) is 62.4 Å². The molecule has 0 aliphatic carbocycles. The molecular weight excluding hydrogens is 288 g/mol. The van der Waals surface area contributed by atoms with E-state index in [0.717, 1.165) is 21.4 Å². The molecule has 0 bridgehead atoms. The first-order valence-corrected chi connectivity index (χ1v) is 7.22. The number of thiophene rings is 1. The molecule has 0 fully saturated rings. The summed E-state index contributed by atoms with van der Waals surface area (Å²) in [4.78, 5) is 34.0. The number of rotatable bonds is 2. The SMILES string of the molecule is O=c1[nH]c2ccc(Cn3cnc4sccc4c3=O)cc2[nH]1. The first kappa shape index (κ1) is 12.1. The summed E-state index contributed by atoms with van der Waals surface area (Å²) in [7, 11) is 0. The van der Waals surface area contributed by atoms with Crippen molar-refractivity contribution in [3.8, 4) is 0 Å². The van der Waals surface area contributed by atoms with E-state index in [1.165, 1.54) is 11.3 Å². The number of aromatic amines is 2. The van der Waals surface area contributed by atoms with E-state index in [1.807, 2.05) is 23.6 Å². The molecule has 2 N–H and O–H groups in total. The normalized spacial score (nSPS) is 11.4. The molecule has 1 aromatic carbocycles. The van der Waals surface area contributed by atoms with Gasteiger partial charge in [0.05, 0.1) is 29.3 Å². The third-order valence-corrected chi connectivity index (χ3v) is 4.20. The zero-order chi connectivity index (χ0) is 14.4. The Balaban J connectivity index is 1.80. The van der Waals surface area contributed by atoms with Crippen LogP contribution in [0.1, 0.15) is 5.56 Å². The lowest BCUT2D eigenvalue weighted by Gasteiger charge is -2.05. The lowest BCUT2D eigenvalue weighted by Crippen LogP contribution is -2.20. The molecule has 0 atom stereocenters. The van der Waals surface area contributed by atoms with Crippen LogP contribution in [0, 0.1) is 0 Å². The van der Waals surface area contributed by atoms with Gasteiger partial charge in [-0.1, -0.05) is 6.07 Å². The van der Waals surface area contributed by atoms with E-state index in [-0.39, 0.29) is 11.2 Å². The molecule has 3 heterocycles. The minimum Gasteiger partial charge on any atom is -0.306 e. The second kappa shape index (κ2) is 4.42. The van der Waals surface area contributed by atoms with Gasteiger partial charge in [-0.3, -0.25) is 9.36 Å². The standard InChI is InChI=1S/C14H10N4O2S/c19-13-9-3-4-21-12(9)15-7-18(13)6-8-1-2-10-11(5-8)17-14(20)16-10/h1-5,7H,6H2,(H2,16,17,20). The Morgan fingerprint density at radius 1 is 1.14 bits per heavy atom. The van der Waals surface area contributed by atoms with Crippen LogP contribution >= 0.6 is 11.3 Å². The Morgan fingerprint density at radius 3 is 2.90 bits per heavy atom. The molecule has 0 saturated carbocycles. The highest BCUT2D eigenvalue weighted by Gasteiger charge is 2.06. The minimum absolute atomic E-state index is 0.0519. The van der Waals surface area contributed by atoms with Gasteiger partial charge >= 0.3 is 5.69 Å². The third-order valence-electron chi connectivity index (χ3n) is 3.38. The van der Waals surface area contributed by atoms with Crippen molar-refractivity contribution in [2.75, 3.05) is 0 Å². The van der Waals surface area contributed by atoms with Crippen molar-refractivity contribution in [3.63, 3.8) is 0 Å². The molecule has 7 heteroatoms. The Hall–Kier alpha value is -2.67. The van der Waals surface area contributed by atoms with Crippen molar-refractivity contribution < 1.29 is 0 Å². The minimum atomic E-state index is -0.235. The van der Waals surface area contributed by atoms with E-state index in [2.05, 4.69) is 15.0 Å². The average Bonchev–Trinajstić information content (AvgIpc) is 3.07. The van der Waals surface area contributed by atoms with Crippen LogP contribution in [-0.4, -0.2) is 19.5 Å². The quantitative estimate of drug-likeness (QED) is 0.590. The van der Waals surface area contributed by atoms with E-state index >= 15 is 0 Å². The fraction of sp³-hybridized carbons (Fsp3) is 0.0714. The highest BCUT2D eigenvalue weighted by molar-refractivity contribution is 7.16. The number of benzene rings is 1. The zero-order valence-corrected chi connectivity index (χ0v) is 11.6. The van der Waals surface area contributed by atoms with Crippen LogP contribution in [0.3, 0.4) is 0 Å². The van der Waals surface area contributed by atoms with Crippen LogP contribution in [0.2, 0.25) is 0 Å². The molecule has 0 unspecified atom stereocenters. The molecule has 4 aromatic rings. The Kier molecular flexibility index (Phi) is 2.55. The third kappa shape index (κ3) is 1.98. The number of fused-ring (bicyclic) bond motifs is 2. The van der Waals surface area contributed by atoms with Crippen LogP contribution < -0.4 is 11.2 Å². The predicted molar refractivity (Wildman–Crippen MR) is 81.9 cm³/mol. The van der Waals surface area contributed by atoms with Crippen LogP contribution in [-0.2, 0) is 6.54 Å². The zero-order valence-electron chi connectivity index (χ0n) is 10.8. The molecule has 3 aromatic heterocycles. The van der Waals surface area contributed by atoms with Gasteiger partial charge in [0, 0.05) is 0 Å². The highest BCUT2D eigenvalue weighted by Crippen LogP contribution is 2.14. The fourth-order valence-corrected chi connectivity index (χ4v) is 3.10. The number of imidazole rings is 1. The van der Waals surface area contributed by atoms with Gasteiger partial charge in [0.1, 0.15) is 4.83 Å². The molecule has 0 spiro atoms. The fourth-order valence-electron chi connectivity index (χ4n) is 2.38. The summed E-state index contributed by atoms with van der Waals surface area (Å²) >= 11 is 1.45. The predicted octanol–water partition coefficient (Wildman–Crippen LogP) is 1.68. The van der Waals surface area contributed by atoms with Crippen molar-refractivity contribution in [1.29, 1.82) is 0 Å². The lowest BCUT2D eigenvalue weighted by molar-refractivity contribution is 0.750. The molecule has 0 aliphatic heterocycles. The number of hydrogen-bond donors (Lipinski definition) is 2. The Labute approximate surface area is 121 Å². The summed E-state index contributed by atoms with van der Waals surface area (Å²) in [6.07, 6.45) is 1.56. The number of aromatic nitrogens is 4. The number of nitrogens with one attached hydrogen (secondary N) is 2. The van der Waals surface area contributed by atoms with E-state index in [4.69, 9.17) is 0 Å². The maximum atomic E-state index is 12.3. The number of nitrogens with zero attached hydrogens (tertiary/aromatic N) is 2. The highest BCUT2D eigenvalue weighted by atomic mass is 32.1. The van der Waals surface area contributed by atoms with Crippen molar-refractivity contribution in [2.24, 2.45) is 0 Å². The molecule has 0 aliphatic rings. The van der Waals surface area contributed by atoms with Gasteiger partial charge in [-0.05, 0) is 29.1 Å². The monoisotopic (exact) mass is 298 g/mol. The average molecular weight is 298 g/mol. The second-order valence-electron chi connectivity index (χ2n) is 4.78. The van der Waals surface area contributed by atoms with Gasteiger partial charge < -0.3 is 9.97 Å². The summed E-state index contributed by atoms with van der Waals surface area (Å²) < 4.78 is 1.57. The van der Waals surface area contributed by atoms with Crippen molar-refractivity contribution in [2.45, 2.75) is 6.54 Å². The van der Waals surface area contributed by atoms with E-state index in [1.54, 1.807) is 17.0 Å². The molecule has 0 saturated heterocycles. The number of H-pyrrole nitrogens is 2. The van der Waals surface area contributed by atoms with Crippen LogP contribution in [0.15, 0.2) is 45.6 Å². The van der Waals surface area contributed by atoms with E-state index in [0.29, 0.717) is 11.9 Å². The van der Waals surface area contributed by atoms with Crippen molar-refractivity contribution in [1.82, 2.24) is 19.5 Å². The summed E-state index contributed by atoms with van der Waals surface area (Å²) in [5, 5.41) is 2.50. The summed E-state index contributed by atoms with van der Waals surface area (Å²) in [6, 6.07) is 7.36. The van der Waals surface area contributed by atoms with Gasteiger partial charge in [0.2, 0.25) is 0 Å². The van der Waals surface area contributed by atoms with Gasteiger partial charge in [0.25, 0.3) is 5.56 Å². The van der Waals surface area contributed by atoms with Gasteiger partial charge in [-0.25, -0.2) is 9.78 Å². The maximum Gasteiger partial charge on any atom is 0.323 e.